The van der Waals surface area contributed by atoms with Crippen LogP contribution >= 0.6 is 23.1 Å². The van der Waals surface area contributed by atoms with Crippen molar-refractivity contribution in [1.29, 1.82) is 0 Å². The van der Waals surface area contributed by atoms with Gasteiger partial charge in [0.2, 0.25) is 11.6 Å². The second-order valence-electron chi connectivity index (χ2n) is 1.51. The Kier molecular flexibility index (Phi) is 1.40. The summed E-state index contributed by atoms with van der Waals surface area (Å²) in [6, 6.07) is 0. The lowest BCUT2D eigenvalue weighted by Gasteiger charge is -1.78. The predicted molar refractivity (Wildman–Crippen MR) is 38.8 cm³/mol. The Hall–Kier alpha value is -0.880. The smallest absolute Gasteiger partial charge is 0.211 e. The maximum absolute atomic E-state index is 3.97. The predicted octanol–water partition coefficient (Wildman–Crippen LogP) is 1.06. The van der Waals surface area contributed by atoms with Gasteiger partial charge in [0.15, 0.2) is 0 Å². The average molecular weight is 170 g/mol. The van der Waals surface area contributed by atoms with E-state index in [1.165, 1.54) is 23.1 Å². The fourth-order valence-corrected chi connectivity index (χ4v) is 1.38. The highest BCUT2D eigenvalue weighted by Crippen LogP contribution is 2.09. The quantitative estimate of drug-likeness (QED) is 0.642. The second-order valence-corrected chi connectivity index (χ2v) is 2.72. The lowest BCUT2D eigenvalue weighted by atomic mass is 10.6. The minimum Gasteiger partial charge on any atom is -0.220 e. The van der Waals surface area contributed by atoms with E-state index in [0.717, 1.165) is 0 Å². The van der Waals surface area contributed by atoms with Gasteiger partial charge in [0, 0.05) is 0 Å². The molecule has 2 aromatic heterocycles. The Morgan fingerprint density at radius 2 is 1.40 bits per heavy atom. The summed E-state index contributed by atoms with van der Waals surface area (Å²) < 4.78 is 7.94. The molecule has 0 bridgehead atoms. The number of hydrogen-bond acceptors (Lipinski definition) is 6. The summed E-state index contributed by atoms with van der Waals surface area (Å²) in [5.41, 5.74) is 3.33. The molecule has 0 aliphatic heterocycles. The summed E-state index contributed by atoms with van der Waals surface area (Å²) in [5.74, 6) is 1.23. The molecule has 6 heteroatoms. The molecular weight excluding hydrogens is 168 g/mol. The third-order valence-corrected chi connectivity index (χ3v) is 1.88. The first-order valence-corrected chi connectivity index (χ1v) is 4.17. The zero-order valence-electron chi connectivity index (χ0n) is 4.76. The van der Waals surface area contributed by atoms with E-state index in [1.807, 2.05) is 0 Å². The van der Waals surface area contributed by atoms with Crippen molar-refractivity contribution in [1.82, 2.24) is 18.7 Å². The van der Waals surface area contributed by atoms with Gasteiger partial charge in [-0.2, -0.15) is 8.75 Å². The molecule has 0 fully saturated rings. The third kappa shape index (κ3) is 0.910. The molecule has 0 N–H and O–H groups in total. The Morgan fingerprint density at radius 3 is 1.70 bits per heavy atom. The van der Waals surface area contributed by atoms with Crippen LogP contribution in [0.4, 0.5) is 0 Å². The second kappa shape index (κ2) is 2.39. The molecule has 10 heavy (non-hydrogen) atoms. The van der Waals surface area contributed by atoms with Crippen molar-refractivity contribution >= 4 is 23.1 Å². The standard InChI is InChI=1S/C4H2N4S2/c1-5-3(7-9-1)4-6-2-10-8-4/h1-2H. The Balaban J connectivity index is 2.48. The van der Waals surface area contributed by atoms with E-state index in [2.05, 4.69) is 18.7 Å². The zero-order valence-corrected chi connectivity index (χ0v) is 6.39. The van der Waals surface area contributed by atoms with E-state index in [1.54, 1.807) is 11.0 Å². The zero-order chi connectivity index (χ0) is 6.81. The summed E-state index contributed by atoms with van der Waals surface area (Å²) >= 11 is 2.60. The summed E-state index contributed by atoms with van der Waals surface area (Å²) in [6.07, 6.45) is 0. The molecule has 0 saturated carbocycles. The van der Waals surface area contributed by atoms with Crippen molar-refractivity contribution in [3.8, 4) is 11.6 Å². The van der Waals surface area contributed by atoms with E-state index in [9.17, 15) is 0 Å². The first-order valence-electron chi connectivity index (χ1n) is 2.50. The first kappa shape index (κ1) is 5.87. The normalized spacial score (nSPS) is 10.0. The molecule has 2 rings (SSSR count). The van der Waals surface area contributed by atoms with Crippen molar-refractivity contribution in [2.45, 2.75) is 0 Å². The number of hydrogen-bond donors (Lipinski definition) is 0. The SMILES string of the molecule is c1nc(-c2ncsn2)ns1. The van der Waals surface area contributed by atoms with Gasteiger partial charge in [-0.3, -0.25) is 0 Å². The van der Waals surface area contributed by atoms with Crippen LogP contribution in [0.3, 0.4) is 0 Å². The fraction of sp³-hybridized carbons (Fsp3) is 0. The molecule has 0 saturated heterocycles. The van der Waals surface area contributed by atoms with Gasteiger partial charge in [-0.25, -0.2) is 9.97 Å². The molecule has 2 heterocycles. The van der Waals surface area contributed by atoms with E-state index in [0.29, 0.717) is 11.6 Å². The van der Waals surface area contributed by atoms with Gasteiger partial charge in [-0.1, -0.05) is 0 Å². The van der Waals surface area contributed by atoms with Crippen LogP contribution in [-0.2, 0) is 0 Å². The highest BCUT2D eigenvalue weighted by atomic mass is 32.1. The maximum Gasteiger partial charge on any atom is 0.211 e. The topological polar surface area (TPSA) is 51.6 Å². The Bertz CT molecular complexity index is 255. The van der Waals surface area contributed by atoms with Gasteiger partial charge >= 0.3 is 0 Å². The largest absolute Gasteiger partial charge is 0.220 e. The summed E-state index contributed by atoms with van der Waals surface area (Å²) in [5, 5.41) is 0. The fourth-order valence-electron chi connectivity index (χ4n) is 0.538. The lowest BCUT2D eigenvalue weighted by Crippen LogP contribution is -1.80. The highest BCUT2D eigenvalue weighted by molar-refractivity contribution is 7.04. The van der Waals surface area contributed by atoms with Gasteiger partial charge in [0.05, 0.1) is 0 Å². The first-order chi connectivity index (χ1) is 4.97. The van der Waals surface area contributed by atoms with E-state index >= 15 is 0 Å². The number of rotatable bonds is 1. The van der Waals surface area contributed by atoms with E-state index in [4.69, 9.17) is 0 Å². The van der Waals surface area contributed by atoms with Crippen molar-refractivity contribution in [2.24, 2.45) is 0 Å². The molecule has 0 aliphatic rings. The lowest BCUT2D eigenvalue weighted by molar-refractivity contribution is 1.22. The van der Waals surface area contributed by atoms with Crippen molar-refractivity contribution < 1.29 is 0 Å². The average Bonchev–Trinajstić information content (AvgIpc) is 2.59. The molecule has 0 aromatic carbocycles. The van der Waals surface area contributed by atoms with Gasteiger partial charge in [-0.05, 0) is 23.1 Å². The van der Waals surface area contributed by atoms with Crippen molar-refractivity contribution in [2.75, 3.05) is 0 Å². The van der Waals surface area contributed by atoms with Crippen LogP contribution in [0.5, 0.6) is 0 Å². The highest BCUT2D eigenvalue weighted by Gasteiger charge is 2.03. The summed E-state index contributed by atoms with van der Waals surface area (Å²) in [7, 11) is 0. The van der Waals surface area contributed by atoms with Crippen LogP contribution in [0.25, 0.3) is 11.6 Å². The van der Waals surface area contributed by atoms with Gasteiger partial charge in [0.1, 0.15) is 11.0 Å². The molecule has 0 atom stereocenters. The summed E-state index contributed by atoms with van der Waals surface area (Å²) in [6.45, 7) is 0. The third-order valence-electron chi connectivity index (χ3n) is 0.923. The molecule has 2 aromatic rings. The Morgan fingerprint density at radius 1 is 0.900 bits per heavy atom. The van der Waals surface area contributed by atoms with Crippen LogP contribution in [-0.4, -0.2) is 18.7 Å². The van der Waals surface area contributed by atoms with Crippen molar-refractivity contribution in [3.63, 3.8) is 0 Å². The summed E-state index contributed by atoms with van der Waals surface area (Å²) in [4.78, 5) is 7.90. The molecule has 4 nitrogen and oxygen atoms in total. The van der Waals surface area contributed by atoms with Gasteiger partial charge < -0.3 is 0 Å². The van der Waals surface area contributed by atoms with Crippen LogP contribution in [0.1, 0.15) is 0 Å². The van der Waals surface area contributed by atoms with E-state index in [-0.39, 0.29) is 0 Å². The minimum atomic E-state index is 0.617. The molecule has 50 valence electrons. The molecular formula is C4H2N4S2. The number of aromatic nitrogens is 4. The van der Waals surface area contributed by atoms with Gasteiger partial charge in [0.25, 0.3) is 0 Å². The molecule has 0 aliphatic carbocycles. The number of nitrogens with zero attached hydrogens (tertiary/aromatic N) is 4. The monoisotopic (exact) mass is 170 g/mol. The Labute approximate surface area is 64.9 Å². The molecule has 0 spiro atoms. The molecule has 0 unspecified atom stereocenters. The van der Waals surface area contributed by atoms with E-state index < -0.39 is 0 Å². The van der Waals surface area contributed by atoms with Gasteiger partial charge in [-0.15, -0.1) is 0 Å². The van der Waals surface area contributed by atoms with Crippen LogP contribution < -0.4 is 0 Å². The van der Waals surface area contributed by atoms with Crippen LogP contribution in [0.15, 0.2) is 11.0 Å². The van der Waals surface area contributed by atoms with Crippen LogP contribution in [0.2, 0.25) is 0 Å². The molecule has 0 radical (unpaired) electrons. The van der Waals surface area contributed by atoms with Crippen LogP contribution in [0, 0.1) is 0 Å². The molecule has 0 amide bonds. The minimum absolute atomic E-state index is 0.617. The maximum atomic E-state index is 3.97. The van der Waals surface area contributed by atoms with Crippen molar-refractivity contribution in [3.05, 3.63) is 11.0 Å².